The molecule has 1 rings (SSSR count). The van der Waals surface area contributed by atoms with Crippen LogP contribution < -0.4 is 5.32 Å². The average molecular weight is 270 g/mol. The molecule has 1 saturated heterocycles. The molecule has 1 fully saturated rings. The van der Waals surface area contributed by atoms with Crippen LogP contribution in [0.3, 0.4) is 0 Å². The second-order valence-electron chi connectivity index (χ2n) is 6.31. The average Bonchev–Trinajstić information content (AvgIpc) is 2.61. The predicted octanol–water partition coefficient (Wildman–Crippen LogP) is 1.03. The fraction of sp³-hybridized carbons (Fsp3) is 0.857. The summed E-state index contributed by atoms with van der Waals surface area (Å²) in [6.45, 7) is 9.51. The van der Waals surface area contributed by atoms with Crippen LogP contribution in [0.2, 0.25) is 0 Å². The first-order chi connectivity index (χ1) is 8.75. The number of rotatable bonds is 4. The summed E-state index contributed by atoms with van der Waals surface area (Å²) in [6.07, 6.45) is 0.932. The van der Waals surface area contributed by atoms with Gasteiger partial charge in [0.1, 0.15) is 5.92 Å². The summed E-state index contributed by atoms with van der Waals surface area (Å²) < 4.78 is 5.03. The van der Waals surface area contributed by atoms with Gasteiger partial charge in [-0.05, 0) is 32.4 Å². The van der Waals surface area contributed by atoms with E-state index in [0.717, 1.165) is 19.5 Å². The Labute approximate surface area is 115 Å². The maximum atomic E-state index is 12.3. The van der Waals surface area contributed by atoms with E-state index >= 15 is 0 Å². The minimum Gasteiger partial charge on any atom is -0.465 e. The molecule has 1 aliphatic rings. The molecule has 5 nitrogen and oxygen atoms in total. The van der Waals surface area contributed by atoms with Crippen molar-refractivity contribution in [2.24, 2.45) is 11.3 Å². The number of nitrogens with one attached hydrogen (secondary N) is 1. The number of nitrogens with zero attached hydrogens (tertiary/aromatic N) is 1. The molecule has 2 unspecified atom stereocenters. The minimum atomic E-state index is -0.752. The van der Waals surface area contributed by atoms with Crippen molar-refractivity contribution in [3.63, 3.8) is 0 Å². The minimum absolute atomic E-state index is 0.136. The van der Waals surface area contributed by atoms with E-state index in [2.05, 4.69) is 10.2 Å². The van der Waals surface area contributed by atoms with E-state index in [1.165, 1.54) is 0 Å². The Morgan fingerprint density at radius 1 is 1.42 bits per heavy atom. The third kappa shape index (κ3) is 4.49. The van der Waals surface area contributed by atoms with Crippen molar-refractivity contribution >= 4 is 11.9 Å². The molecular formula is C14H26N2O3. The van der Waals surface area contributed by atoms with Gasteiger partial charge < -0.3 is 15.0 Å². The van der Waals surface area contributed by atoms with Crippen molar-refractivity contribution in [3.8, 4) is 0 Å². The molecule has 1 aliphatic heterocycles. The van der Waals surface area contributed by atoms with Gasteiger partial charge in [-0.2, -0.15) is 0 Å². The van der Waals surface area contributed by atoms with Crippen molar-refractivity contribution in [1.82, 2.24) is 10.2 Å². The van der Waals surface area contributed by atoms with Gasteiger partial charge in [0.15, 0.2) is 0 Å². The maximum Gasteiger partial charge on any atom is 0.319 e. The number of likely N-dealkylation sites (tertiary alicyclic amines) is 1. The number of carbonyl (C=O) groups excluding carboxylic acids is 2. The van der Waals surface area contributed by atoms with E-state index in [-0.39, 0.29) is 11.9 Å². The molecule has 0 aromatic carbocycles. The standard InChI is InChI=1S/C14H26N2O3/c1-6-19-13(18)11(14(2,3)4)12(17)15-10-7-8-16(5)9-10/h10-11H,6-9H2,1-5H3,(H,15,17). The predicted molar refractivity (Wildman–Crippen MR) is 73.6 cm³/mol. The lowest BCUT2D eigenvalue weighted by Crippen LogP contribution is -2.47. The lowest BCUT2D eigenvalue weighted by molar-refractivity contribution is -0.156. The van der Waals surface area contributed by atoms with Crippen LogP contribution in [0.25, 0.3) is 0 Å². The fourth-order valence-corrected chi connectivity index (χ4v) is 2.42. The van der Waals surface area contributed by atoms with Crippen molar-refractivity contribution in [3.05, 3.63) is 0 Å². The first-order valence-electron chi connectivity index (χ1n) is 6.91. The van der Waals surface area contributed by atoms with E-state index in [9.17, 15) is 9.59 Å². The summed E-state index contributed by atoms with van der Waals surface area (Å²) in [5.74, 6) is -1.40. The normalized spacial score (nSPS) is 22.1. The van der Waals surface area contributed by atoms with Gasteiger partial charge in [-0.1, -0.05) is 20.8 Å². The van der Waals surface area contributed by atoms with Gasteiger partial charge in [0.05, 0.1) is 6.61 Å². The van der Waals surface area contributed by atoms with Crippen LogP contribution in [-0.4, -0.2) is 49.6 Å². The highest BCUT2D eigenvalue weighted by Crippen LogP contribution is 2.27. The van der Waals surface area contributed by atoms with Crippen molar-refractivity contribution < 1.29 is 14.3 Å². The van der Waals surface area contributed by atoms with E-state index < -0.39 is 17.3 Å². The Morgan fingerprint density at radius 2 is 2.05 bits per heavy atom. The molecule has 110 valence electrons. The fourth-order valence-electron chi connectivity index (χ4n) is 2.42. The molecular weight excluding hydrogens is 244 g/mol. The van der Waals surface area contributed by atoms with E-state index in [0.29, 0.717) is 6.61 Å². The summed E-state index contributed by atoms with van der Waals surface area (Å²) in [4.78, 5) is 26.5. The number of hydrogen-bond acceptors (Lipinski definition) is 4. The monoisotopic (exact) mass is 270 g/mol. The molecule has 0 aliphatic carbocycles. The van der Waals surface area contributed by atoms with Gasteiger partial charge in [-0.15, -0.1) is 0 Å². The highest BCUT2D eigenvalue weighted by molar-refractivity contribution is 5.98. The summed E-state index contributed by atoms with van der Waals surface area (Å²) in [5.41, 5.74) is -0.444. The van der Waals surface area contributed by atoms with Crippen LogP contribution in [0.15, 0.2) is 0 Å². The second-order valence-corrected chi connectivity index (χ2v) is 6.31. The summed E-state index contributed by atoms with van der Waals surface area (Å²) in [5, 5.41) is 2.97. The number of esters is 1. The number of amides is 1. The lowest BCUT2D eigenvalue weighted by Gasteiger charge is -2.28. The molecule has 0 spiro atoms. The zero-order chi connectivity index (χ0) is 14.6. The Balaban J connectivity index is 2.69. The van der Waals surface area contributed by atoms with Crippen LogP contribution in [0.4, 0.5) is 0 Å². The third-order valence-electron chi connectivity index (χ3n) is 3.39. The van der Waals surface area contributed by atoms with Crippen molar-refractivity contribution in [2.75, 3.05) is 26.7 Å². The van der Waals surface area contributed by atoms with Crippen LogP contribution in [0.5, 0.6) is 0 Å². The number of ether oxygens (including phenoxy) is 1. The van der Waals surface area contributed by atoms with Gasteiger partial charge in [-0.25, -0.2) is 0 Å². The SMILES string of the molecule is CCOC(=O)C(C(=O)NC1CCN(C)C1)C(C)(C)C. The van der Waals surface area contributed by atoms with E-state index in [1.54, 1.807) is 6.92 Å². The summed E-state index contributed by atoms with van der Waals surface area (Å²) in [6, 6.07) is 0.136. The Morgan fingerprint density at radius 3 is 2.47 bits per heavy atom. The topological polar surface area (TPSA) is 58.6 Å². The van der Waals surface area contributed by atoms with Crippen LogP contribution in [0.1, 0.15) is 34.1 Å². The molecule has 19 heavy (non-hydrogen) atoms. The molecule has 1 N–H and O–H groups in total. The molecule has 1 amide bonds. The molecule has 1 heterocycles. The molecule has 5 heteroatoms. The Kier molecular flexibility index (Phi) is 5.35. The maximum absolute atomic E-state index is 12.3. The second kappa shape index (κ2) is 6.37. The van der Waals surface area contributed by atoms with Crippen LogP contribution >= 0.6 is 0 Å². The quantitative estimate of drug-likeness (QED) is 0.612. The van der Waals surface area contributed by atoms with Gasteiger partial charge >= 0.3 is 5.97 Å². The molecule has 0 aromatic rings. The van der Waals surface area contributed by atoms with E-state index in [1.807, 2.05) is 27.8 Å². The van der Waals surface area contributed by atoms with Crippen LogP contribution in [-0.2, 0) is 14.3 Å². The van der Waals surface area contributed by atoms with Crippen LogP contribution in [0, 0.1) is 11.3 Å². The smallest absolute Gasteiger partial charge is 0.319 e. The zero-order valence-electron chi connectivity index (χ0n) is 12.7. The number of carbonyl (C=O) groups is 2. The summed E-state index contributed by atoms with van der Waals surface area (Å²) in [7, 11) is 2.03. The molecule has 2 atom stereocenters. The summed E-state index contributed by atoms with van der Waals surface area (Å²) >= 11 is 0. The Hall–Kier alpha value is -1.10. The zero-order valence-corrected chi connectivity index (χ0v) is 12.7. The largest absolute Gasteiger partial charge is 0.465 e. The highest BCUT2D eigenvalue weighted by atomic mass is 16.5. The first kappa shape index (κ1) is 16.0. The van der Waals surface area contributed by atoms with Gasteiger partial charge in [0.2, 0.25) is 5.91 Å². The first-order valence-corrected chi connectivity index (χ1v) is 6.91. The van der Waals surface area contributed by atoms with Gasteiger partial charge in [0, 0.05) is 12.6 Å². The highest BCUT2D eigenvalue weighted by Gasteiger charge is 2.40. The number of hydrogen-bond donors (Lipinski definition) is 1. The van der Waals surface area contributed by atoms with Gasteiger partial charge in [-0.3, -0.25) is 9.59 Å². The third-order valence-corrected chi connectivity index (χ3v) is 3.39. The molecule has 0 radical (unpaired) electrons. The van der Waals surface area contributed by atoms with E-state index in [4.69, 9.17) is 4.74 Å². The van der Waals surface area contributed by atoms with Crippen molar-refractivity contribution in [1.29, 1.82) is 0 Å². The molecule has 0 saturated carbocycles. The lowest BCUT2D eigenvalue weighted by atomic mass is 9.80. The Bertz CT molecular complexity index is 336. The number of likely N-dealkylation sites (N-methyl/N-ethyl adjacent to an activating group) is 1. The molecule has 0 bridgehead atoms. The van der Waals surface area contributed by atoms with Crippen molar-refractivity contribution in [2.45, 2.75) is 40.2 Å². The molecule has 0 aromatic heterocycles. The van der Waals surface area contributed by atoms with Gasteiger partial charge in [0.25, 0.3) is 0 Å².